The van der Waals surface area contributed by atoms with Crippen LogP contribution in [0, 0.1) is 63.1 Å². The molecule has 7 aromatic heterocycles. The summed E-state index contributed by atoms with van der Waals surface area (Å²) in [6.45, 7) is 14.5. The van der Waals surface area contributed by atoms with Crippen LogP contribution in [0.4, 0.5) is 23.0 Å². The number of hydrogen-bond donors (Lipinski definition) is 6. The number of fused-ring (bicyclic) bond motifs is 1. The Hall–Kier alpha value is -12.3. The molecule has 558 valence electrons. The van der Waals surface area contributed by atoms with E-state index in [1.165, 1.54) is 29.9 Å². The maximum absolute atomic E-state index is 12.6. The SMILES string of the molecule is ClCc1csc(-c2ccc(Cl)cc2)n1.N#CCC(N)=S.N#Cc1c(SCc2csc(-c3ccc(Cl)cc3)n2)nc2nc[nH]c(=O)c2c1-c1ccccc1.O=CO.O=Cc1ccccc1.[C-]#[N+]c1c(N)[nH]c(=S)c(C#N)c1-c1ccccc1.[C-]#[N+]c1c(N)nc(SCc2csc(-c3ccc(Cl)cc3)n2)c(C#N)c1-c1ccccc1. The number of nitrogen functional groups attached to an aromatic ring is 2. The third-order valence-electron chi connectivity index (χ3n) is 14.9. The number of thiazole rings is 3. The number of carbonyl (C=O) groups excluding carboxylic acids is 1. The summed E-state index contributed by atoms with van der Waals surface area (Å²) in [7, 11) is 0. The van der Waals surface area contributed by atoms with Crippen LogP contribution in [-0.4, -0.2) is 62.7 Å². The number of nitriles is 4. The van der Waals surface area contributed by atoms with Crippen molar-refractivity contribution in [2.45, 2.75) is 33.9 Å². The molecule has 0 amide bonds. The zero-order valence-electron chi connectivity index (χ0n) is 58.4. The maximum atomic E-state index is 12.6. The number of aromatic nitrogens is 8. The number of hydrogen-bond acceptors (Lipinski definition) is 22. The molecule has 9 N–H and O–H groups in total. The number of benzene rings is 7. The topological polar surface area (TPSA) is 362 Å². The Labute approximate surface area is 699 Å². The second-order valence-corrected chi connectivity index (χ2v) is 29.2. The first kappa shape index (κ1) is 86.3. The highest BCUT2D eigenvalue weighted by Gasteiger charge is 2.23. The van der Waals surface area contributed by atoms with Gasteiger partial charge in [0.25, 0.3) is 12.0 Å². The van der Waals surface area contributed by atoms with Crippen LogP contribution in [0.15, 0.2) is 231 Å². The molecule has 14 rings (SSSR count). The molecule has 0 aliphatic carbocycles. The van der Waals surface area contributed by atoms with Crippen LogP contribution in [0.25, 0.3) is 85.8 Å². The van der Waals surface area contributed by atoms with E-state index >= 15 is 0 Å². The van der Waals surface area contributed by atoms with Crippen LogP contribution < -0.4 is 22.8 Å². The predicted molar refractivity (Wildman–Crippen MR) is 462 cm³/mol. The molecule has 113 heavy (non-hydrogen) atoms. The zero-order valence-corrected chi connectivity index (χ0v) is 67.1. The smallest absolute Gasteiger partial charge is 0.290 e. The monoisotopic (exact) mass is 1690 g/mol. The number of aromatic amines is 2. The Balaban J connectivity index is 0.000000183. The average Bonchev–Trinajstić information content (AvgIpc) is 1.65. The number of H-pyrrole nitrogens is 2. The van der Waals surface area contributed by atoms with Gasteiger partial charge < -0.3 is 32.3 Å². The number of carbonyl (C=O) groups is 2. The van der Waals surface area contributed by atoms with Crippen molar-refractivity contribution in [1.29, 1.82) is 21.0 Å². The number of thioether (sulfide) groups is 2. The first-order valence-electron chi connectivity index (χ1n) is 32.4. The molecule has 0 saturated carbocycles. The van der Waals surface area contributed by atoms with E-state index in [9.17, 15) is 25.4 Å². The molecule has 0 saturated heterocycles. The summed E-state index contributed by atoms with van der Waals surface area (Å²) >= 11 is 40.3. The molecule has 0 aliphatic rings. The summed E-state index contributed by atoms with van der Waals surface area (Å²) in [5.41, 5.74) is 28.4. The fourth-order valence-corrected chi connectivity index (χ4v) is 15.2. The van der Waals surface area contributed by atoms with E-state index in [0.717, 1.165) is 82.4 Å². The summed E-state index contributed by atoms with van der Waals surface area (Å²) < 4.78 is 0.251. The minimum absolute atomic E-state index is 0.121. The Morgan fingerprint density at radius 3 is 1.32 bits per heavy atom. The maximum Gasteiger partial charge on any atom is 0.290 e. The van der Waals surface area contributed by atoms with Crippen molar-refractivity contribution >= 4 is 180 Å². The number of pyridine rings is 3. The number of halogens is 4. The normalized spacial score (nSPS) is 9.89. The standard InChI is InChI=1S/C24H14ClN5OS2.C23H14ClN5S2.C13H8N4S.C10H7Cl2NS.C7H6O.C3H4N2S.CH2O2/c25-16-8-6-15(7-9-16)23-29-17(11-32-23)12-33-24-18(10-26)19(14-4-2-1-3-5-14)20-21(30-24)27-13-28-22(20)31;1-27-20-19(14-5-3-2-4-6-14)18(11-25)23(29-21(20)26)31-13-17-12-30-22(28-17)15-7-9-16(24)10-8-15;1-16-11-10(8-5-3-2-4-6-8)9(7-14)13(18)17-12(11)15;11-5-9-6-14-10(13-9)7-1-3-8(12)4-2-7;8-6-7-4-2-1-3-5-7;4-2-1-3(5)6;2-1-3/h1-9,11,13H,12H2,(H,27,28,30,31);2-10,12H,13H2,(H2,26,29);2-6H,(H3,15,17,18);1-4,6H,5H2;1-6H;1H2,(H2,5,6);1H,(H,2,3). The molecule has 0 fully saturated rings. The molecule has 0 unspecified atom stereocenters. The number of carboxylic acid groups (broad SMARTS) is 1. The fourth-order valence-electron chi connectivity index (χ4n) is 9.87. The first-order valence-corrected chi connectivity index (χ1v) is 39.5. The lowest BCUT2D eigenvalue weighted by molar-refractivity contribution is -0.122. The van der Waals surface area contributed by atoms with Crippen molar-refractivity contribution in [3.63, 3.8) is 0 Å². The van der Waals surface area contributed by atoms with E-state index in [4.69, 9.17) is 109 Å². The number of rotatable bonds is 15. The van der Waals surface area contributed by atoms with E-state index < -0.39 is 0 Å². The van der Waals surface area contributed by atoms with E-state index in [1.807, 2.05) is 204 Å². The number of nitrogens with one attached hydrogen (secondary N) is 2. The second kappa shape index (κ2) is 44.5. The van der Waals surface area contributed by atoms with Gasteiger partial charge in [0.2, 0.25) is 11.4 Å². The van der Waals surface area contributed by atoms with E-state index in [0.29, 0.717) is 76.3 Å². The molecule has 0 atom stereocenters. The predicted octanol–water partition coefficient (Wildman–Crippen LogP) is 21.8. The molecule has 0 radical (unpaired) electrons. The first-order chi connectivity index (χ1) is 54.8. The molecule has 0 bridgehead atoms. The van der Waals surface area contributed by atoms with Gasteiger partial charge in [-0.05, 0) is 53.1 Å². The number of thiocarbonyl (C=S) groups is 1. The second-order valence-electron chi connectivity index (χ2n) is 22.2. The molecule has 7 aromatic carbocycles. The van der Waals surface area contributed by atoms with Gasteiger partial charge in [-0.2, -0.15) is 21.0 Å². The molecule has 0 aliphatic heterocycles. The van der Waals surface area contributed by atoms with Gasteiger partial charge in [0.05, 0.1) is 82.0 Å². The average molecular weight is 1700 g/mol. The Kier molecular flexibility index (Phi) is 34.0. The van der Waals surface area contributed by atoms with Gasteiger partial charge in [0.1, 0.15) is 65.8 Å². The van der Waals surface area contributed by atoms with Crippen molar-refractivity contribution in [2.24, 2.45) is 5.73 Å². The minimum atomic E-state index is -0.327. The lowest BCUT2D eigenvalue weighted by atomic mass is 9.99. The van der Waals surface area contributed by atoms with Crippen molar-refractivity contribution in [1.82, 2.24) is 39.9 Å². The van der Waals surface area contributed by atoms with E-state index in [2.05, 4.69) is 68.9 Å². The summed E-state index contributed by atoms with van der Waals surface area (Å²) in [6, 6.07) is 68.0. The summed E-state index contributed by atoms with van der Waals surface area (Å²) in [6.07, 6.45) is 2.35. The van der Waals surface area contributed by atoms with Crippen molar-refractivity contribution in [2.75, 3.05) is 11.5 Å². The number of nitrogens with two attached hydrogens (primary N) is 3. The quantitative estimate of drug-likeness (QED) is 0.0182. The van der Waals surface area contributed by atoms with E-state index in [1.54, 1.807) is 52.2 Å². The summed E-state index contributed by atoms with van der Waals surface area (Å²) in [5, 5.41) is 55.9. The van der Waals surface area contributed by atoms with Gasteiger partial charge >= 0.3 is 0 Å². The van der Waals surface area contributed by atoms with Crippen molar-refractivity contribution < 1.29 is 14.7 Å². The molecular formula is C81H55Cl4N17O4S7. The lowest BCUT2D eigenvalue weighted by Gasteiger charge is -2.12. The van der Waals surface area contributed by atoms with Gasteiger partial charge in [0, 0.05) is 81.7 Å². The van der Waals surface area contributed by atoms with Crippen LogP contribution in [-0.2, 0) is 22.2 Å². The number of alkyl halides is 1. The van der Waals surface area contributed by atoms with Gasteiger partial charge in [-0.15, -0.1) is 45.6 Å². The third kappa shape index (κ3) is 24.3. The summed E-state index contributed by atoms with van der Waals surface area (Å²) in [5.74, 6) is 1.82. The van der Waals surface area contributed by atoms with Crippen molar-refractivity contribution in [3.8, 4) is 89.4 Å². The van der Waals surface area contributed by atoms with Crippen LogP contribution in [0.1, 0.15) is 50.6 Å². The number of anilines is 2. The van der Waals surface area contributed by atoms with Gasteiger partial charge in [0.15, 0.2) is 5.65 Å². The Bertz CT molecular complexity index is 6020. The Morgan fingerprint density at radius 2 is 0.947 bits per heavy atom. The van der Waals surface area contributed by atoms with Gasteiger partial charge in [-0.1, -0.05) is 240 Å². The zero-order chi connectivity index (χ0) is 81.2. The van der Waals surface area contributed by atoms with Gasteiger partial charge in [-0.3, -0.25) is 14.4 Å². The highest BCUT2D eigenvalue weighted by atomic mass is 35.5. The van der Waals surface area contributed by atoms with E-state index in [-0.39, 0.29) is 56.7 Å². The molecule has 14 aromatic rings. The van der Waals surface area contributed by atoms with Crippen LogP contribution in [0.5, 0.6) is 0 Å². The fraction of sp³-hybridized carbons (Fsp3) is 0.0494. The van der Waals surface area contributed by atoms with Crippen LogP contribution in [0.2, 0.25) is 15.1 Å². The summed E-state index contributed by atoms with van der Waals surface area (Å²) in [4.78, 5) is 70.4. The third-order valence-corrected chi connectivity index (χ3v) is 21.2. The number of aldehydes is 1. The minimum Gasteiger partial charge on any atom is -0.483 e. The van der Waals surface area contributed by atoms with Gasteiger partial charge in [-0.25, -0.2) is 39.6 Å². The highest BCUT2D eigenvalue weighted by Crippen LogP contribution is 2.43. The molecular weight excluding hydrogens is 1640 g/mol. The molecule has 7 heterocycles. The molecule has 32 heteroatoms. The Morgan fingerprint density at radius 1 is 0.558 bits per heavy atom. The van der Waals surface area contributed by atoms with Crippen LogP contribution in [0.3, 0.4) is 0 Å². The largest absolute Gasteiger partial charge is 0.483 e. The number of nitrogens with zero attached hydrogens (tertiary/aromatic N) is 12. The van der Waals surface area contributed by atoms with Crippen LogP contribution >= 0.6 is 128 Å². The molecule has 21 nitrogen and oxygen atoms in total. The lowest BCUT2D eigenvalue weighted by Crippen LogP contribution is -2.10. The molecule has 0 spiro atoms. The highest BCUT2D eigenvalue weighted by molar-refractivity contribution is 7.98. The van der Waals surface area contributed by atoms with Crippen molar-refractivity contribution in [3.05, 3.63) is 309 Å².